The van der Waals surface area contributed by atoms with E-state index < -0.39 is 5.96 Å². The molecular weight excluding hydrogens is 219 g/mol. The van der Waals surface area contributed by atoms with Crippen molar-refractivity contribution >= 4 is 17.2 Å². The van der Waals surface area contributed by atoms with E-state index in [1.54, 1.807) is 0 Å². The second kappa shape index (κ2) is 5.12. The molecule has 0 aliphatic heterocycles. The molecule has 0 saturated heterocycles. The van der Waals surface area contributed by atoms with E-state index in [2.05, 4.69) is 27.7 Å². The Labute approximate surface area is 92.4 Å². The number of aliphatic hydroxyl groups is 2. The molecule has 0 heterocycles. The summed E-state index contributed by atoms with van der Waals surface area (Å²) in [4.78, 5) is 0. The van der Waals surface area contributed by atoms with Gasteiger partial charge in [-0.25, -0.2) is 0 Å². The number of hydrogen-bond acceptors (Lipinski definition) is 2. The molecule has 0 bridgehead atoms. The molecule has 0 spiro atoms. The number of hydrogen-bond donors (Lipinski definition) is 2. The third-order valence-electron chi connectivity index (χ3n) is 2.35. The second-order valence-electron chi connectivity index (χ2n) is 5.26. The summed E-state index contributed by atoms with van der Waals surface area (Å²) >= 11 is 6.59. The van der Waals surface area contributed by atoms with Crippen molar-refractivity contribution in [3.05, 3.63) is 0 Å². The molecule has 88 valence electrons. The predicted molar refractivity (Wildman–Crippen MR) is 66.4 cm³/mol. The topological polar surface area (TPSA) is 40.5 Å². The summed E-state index contributed by atoms with van der Waals surface area (Å²) in [6.45, 7) is 8.32. The Morgan fingerprint density at radius 1 is 0.929 bits per heavy atom. The summed E-state index contributed by atoms with van der Waals surface area (Å²) < 4.78 is 0. The Morgan fingerprint density at radius 2 is 1.21 bits per heavy atom. The molecule has 0 unspecified atom stereocenters. The Hall–Kier alpha value is 0.640. The molecular formula is C10H24ClO2P. The van der Waals surface area contributed by atoms with Crippen LogP contribution in [0.1, 0.15) is 27.7 Å². The van der Waals surface area contributed by atoms with Crippen molar-refractivity contribution in [3.63, 3.8) is 0 Å². The predicted octanol–water partition coefficient (Wildman–Crippen LogP) is 2.91. The van der Waals surface area contributed by atoms with Crippen molar-refractivity contribution in [3.8, 4) is 0 Å². The minimum atomic E-state index is -2.76. The van der Waals surface area contributed by atoms with Crippen LogP contribution >= 0.6 is 17.2 Å². The first-order chi connectivity index (χ1) is 6.25. The van der Waals surface area contributed by atoms with Crippen molar-refractivity contribution < 1.29 is 10.2 Å². The quantitative estimate of drug-likeness (QED) is 0.703. The van der Waals surface area contributed by atoms with E-state index in [-0.39, 0.29) is 12.7 Å². The molecule has 0 rings (SSSR count). The number of aliphatic hydroxyl groups excluding tert-OH is 2. The van der Waals surface area contributed by atoms with Gasteiger partial charge < -0.3 is 0 Å². The summed E-state index contributed by atoms with van der Waals surface area (Å²) in [5, 5.41) is 19.0. The SMILES string of the molecule is CC(C)CP(Cl)(CO)(CO)CC(C)C. The van der Waals surface area contributed by atoms with Gasteiger partial charge >= 0.3 is 92.0 Å². The van der Waals surface area contributed by atoms with Crippen LogP contribution < -0.4 is 0 Å². The zero-order valence-electron chi connectivity index (χ0n) is 9.70. The van der Waals surface area contributed by atoms with Crippen LogP contribution in [0.2, 0.25) is 0 Å². The Morgan fingerprint density at radius 3 is 1.36 bits per heavy atom. The van der Waals surface area contributed by atoms with Gasteiger partial charge in [0, 0.05) is 0 Å². The van der Waals surface area contributed by atoms with E-state index in [1.165, 1.54) is 0 Å². The molecule has 0 aliphatic carbocycles. The van der Waals surface area contributed by atoms with Gasteiger partial charge in [-0.2, -0.15) is 0 Å². The Bertz CT molecular complexity index is 165. The van der Waals surface area contributed by atoms with Crippen LogP contribution in [-0.2, 0) is 0 Å². The van der Waals surface area contributed by atoms with Crippen molar-refractivity contribution in [1.29, 1.82) is 0 Å². The molecule has 0 aromatic carbocycles. The van der Waals surface area contributed by atoms with Gasteiger partial charge in [-0.15, -0.1) is 0 Å². The van der Waals surface area contributed by atoms with Crippen LogP contribution in [0.25, 0.3) is 0 Å². The van der Waals surface area contributed by atoms with E-state index >= 15 is 0 Å². The van der Waals surface area contributed by atoms with Crippen molar-refractivity contribution in [2.24, 2.45) is 11.8 Å². The standard InChI is InChI=1S/C10H24ClO2P/c1-9(2)5-14(11,7-12,8-13)6-10(3)4/h9-10,12-13H,5-8H2,1-4H3. The van der Waals surface area contributed by atoms with Gasteiger partial charge in [0.05, 0.1) is 0 Å². The Kier molecular flexibility index (Phi) is 5.35. The van der Waals surface area contributed by atoms with Crippen LogP contribution in [-0.4, -0.2) is 35.2 Å². The van der Waals surface area contributed by atoms with Crippen LogP contribution in [0.3, 0.4) is 0 Å². The number of rotatable bonds is 6. The molecule has 14 heavy (non-hydrogen) atoms. The first-order valence-electron chi connectivity index (χ1n) is 5.19. The second-order valence-corrected chi connectivity index (χ2v) is 13.1. The summed E-state index contributed by atoms with van der Waals surface area (Å²) in [6.07, 6.45) is 1.44. The zero-order valence-corrected chi connectivity index (χ0v) is 11.4. The van der Waals surface area contributed by atoms with Gasteiger partial charge in [-0.3, -0.25) is 0 Å². The molecule has 0 radical (unpaired) electrons. The zero-order chi connectivity index (χ0) is 11.4. The fourth-order valence-corrected chi connectivity index (χ4v) is 8.18. The van der Waals surface area contributed by atoms with Gasteiger partial charge in [0.25, 0.3) is 0 Å². The van der Waals surface area contributed by atoms with E-state index in [0.29, 0.717) is 11.8 Å². The van der Waals surface area contributed by atoms with Crippen molar-refractivity contribution in [1.82, 2.24) is 0 Å². The van der Waals surface area contributed by atoms with Gasteiger partial charge in [-0.05, 0) is 0 Å². The molecule has 2 nitrogen and oxygen atoms in total. The summed E-state index contributed by atoms with van der Waals surface area (Å²) in [5.74, 6) is -1.92. The van der Waals surface area contributed by atoms with Gasteiger partial charge in [-0.1, -0.05) is 0 Å². The Balaban J connectivity index is 4.80. The van der Waals surface area contributed by atoms with Crippen LogP contribution in [0.15, 0.2) is 0 Å². The van der Waals surface area contributed by atoms with Gasteiger partial charge in [0.15, 0.2) is 0 Å². The van der Waals surface area contributed by atoms with E-state index in [1.807, 2.05) is 0 Å². The summed E-state index contributed by atoms with van der Waals surface area (Å²) in [7, 11) is 0. The van der Waals surface area contributed by atoms with E-state index in [0.717, 1.165) is 12.3 Å². The summed E-state index contributed by atoms with van der Waals surface area (Å²) in [5.41, 5.74) is 0. The van der Waals surface area contributed by atoms with Crippen LogP contribution in [0.5, 0.6) is 0 Å². The fourth-order valence-electron chi connectivity index (χ4n) is 2.18. The van der Waals surface area contributed by atoms with Gasteiger partial charge in [0.2, 0.25) is 0 Å². The molecule has 0 fully saturated rings. The fraction of sp³-hybridized carbons (Fsp3) is 1.00. The normalized spacial score (nSPS) is 15.9. The monoisotopic (exact) mass is 242 g/mol. The van der Waals surface area contributed by atoms with E-state index in [4.69, 9.17) is 11.2 Å². The molecule has 0 aromatic heterocycles. The van der Waals surface area contributed by atoms with Gasteiger partial charge in [0.1, 0.15) is 0 Å². The maximum atomic E-state index is 9.50. The van der Waals surface area contributed by atoms with Crippen molar-refractivity contribution in [2.75, 3.05) is 25.0 Å². The van der Waals surface area contributed by atoms with Crippen LogP contribution in [0.4, 0.5) is 0 Å². The van der Waals surface area contributed by atoms with E-state index in [9.17, 15) is 10.2 Å². The molecule has 0 amide bonds. The molecule has 0 atom stereocenters. The third kappa shape index (κ3) is 4.02. The third-order valence-corrected chi connectivity index (χ3v) is 8.52. The summed E-state index contributed by atoms with van der Waals surface area (Å²) in [6, 6.07) is 0. The first-order valence-corrected chi connectivity index (χ1v) is 9.07. The molecule has 0 aliphatic rings. The average molecular weight is 243 g/mol. The maximum absolute atomic E-state index is 9.50. The molecule has 0 aromatic rings. The van der Waals surface area contributed by atoms with Crippen molar-refractivity contribution in [2.45, 2.75) is 27.7 Å². The molecule has 0 saturated carbocycles. The molecule has 2 N–H and O–H groups in total. The average Bonchev–Trinajstić information content (AvgIpc) is 2.02. The first kappa shape index (κ1) is 14.6. The minimum absolute atomic E-state index is 0.0417. The van der Waals surface area contributed by atoms with Crippen LogP contribution in [0, 0.1) is 11.8 Å². The number of halogens is 1. The molecule has 4 heteroatoms.